The average Bonchev–Trinajstić information content (AvgIpc) is 2.58. The lowest BCUT2D eigenvalue weighted by molar-refractivity contribution is -0.113. The smallest absolute Gasteiger partial charge is 0.234 e. The second-order valence-electron chi connectivity index (χ2n) is 4.86. The molecule has 2 aromatic carbocycles. The third-order valence-electron chi connectivity index (χ3n) is 3.17. The van der Waals surface area contributed by atoms with Crippen molar-refractivity contribution < 1.29 is 14.3 Å². The molecule has 7 heteroatoms. The number of ether oxygens (including phenoxy) is 2. The lowest BCUT2D eigenvalue weighted by Crippen LogP contribution is -2.14. The molecule has 4 nitrogen and oxygen atoms in total. The molecule has 0 aliphatic heterocycles. The number of halogens is 2. The van der Waals surface area contributed by atoms with Crippen LogP contribution in [0, 0.1) is 0 Å². The van der Waals surface area contributed by atoms with Crippen LogP contribution in [0.5, 0.6) is 11.5 Å². The maximum Gasteiger partial charge on any atom is 0.234 e. The summed E-state index contributed by atoms with van der Waals surface area (Å²) < 4.78 is 10.4. The van der Waals surface area contributed by atoms with Gasteiger partial charge in [-0.15, -0.1) is 11.8 Å². The van der Waals surface area contributed by atoms with Crippen molar-refractivity contribution in [2.24, 2.45) is 0 Å². The monoisotopic (exact) mass is 385 g/mol. The van der Waals surface area contributed by atoms with Gasteiger partial charge in [-0.3, -0.25) is 4.79 Å². The summed E-state index contributed by atoms with van der Waals surface area (Å²) >= 11 is 13.3. The molecule has 1 N–H and O–H groups in total. The average molecular weight is 386 g/mol. The molecular formula is C17H17Cl2NO3S. The van der Waals surface area contributed by atoms with Gasteiger partial charge in [0.1, 0.15) is 11.5 Å². The Kier molecular flexibility index (Phi) is 7.09. The Balaban J connectivity index is 1.88. The normalized spacial score (nSPS) is 10.3. The fourth-order valence-electron chi connectivity index (χ4n) is 1.98. The number of carbonyl (C=O) groups excluding carboxylic acids is 1. The minimum Gasteiger partial charge on any atom is -0.497 e. The van der Waals surface area contributed by atoms with Crippen LogP contribution in [0.25, 0.3) is 0 Å². The SMILES string of the molecule is COc1ccc(NC(=O)CSCc2ccc(Cl)c(Cl)c2)c(OC)c1. The van der Waals surface area contributed by atoms with Gasteiger partial charge in [-0.05, 0) is 29.8 Å². The van der Waals surface area contributed by atoms with Gasteiger partial charge in [-0.25, -0.2) is 0 Å². The predicted molar refractivity (Wildman–Crippen MR) is 101 cm³/mol. The molecule has 0 fully saturated rings. The summed E-state index contributed by atoms with van der Waals surface area (Å²) in [6.45, 7) is 0. The van der Waals surface area contributed by atoms with Crippen LogP contribution in [-0.2, 0) is 10.5 Å². The first-order valence-corrected chi connectivity index (χ1v) is 8.98. The third-order valence-corrected chi connectivity index (χ3v) is 4.91. The zero-order chi connectivity index (χ0) is 17.5. The van der Waals surface area contributed by atoms with E-state index >= 15 is 0 Å². The van der Waals surface area contributed by atoms with E-state index in [1.807, 2.05) is 6.07 Å². The van der Waals surface area contributed by atoms with Crippen molar-refractivity contribution in [1.82, 2.24) is 0 Å². The molecule has 0 aromatic heterocycles. The van der Waals surface area contributed by atoms with Crippen molar-refractivity contribution in [2.75, 3.05) is 25.3 Å². The molecule has 0 aliphatic rings. The van der Waals surface area contributed by atoms with E-state index in [0.717, 1.165) is 5.56 Å². The Labute approximate surface area is 155 Å². The van der Waals surface area contributed by atoms with Gasteiger partial charge in [0.05, 0.1) is 35.7 Å². The number of benzene rings is 2. The van der Waals surface area contributed by atoms with Crippen molar-refractivity contribution in [3.05, 3.63) is 52.0 Å². The number of rotatable bonds is 7. The van der Waals surface area contributed by atoms with Gasteiger partial charge in [-0.2, -0.15) is 0 Å². The quantitative estimate of drug-likeness (QED) is 0.737. The number of hydrogen-bond acceptors (Lipinski definition) is 4. The van der Waals surface area contributed by atoms with Crippen molar-refractivity contribution in [2.45, 2.75) is 5.75 Å². The van der Waals surface area contributed by atoms with Crippen molar-refractivity contribution in [1.29, 1.82) is 0 Å². The Hall–Kier alpha value is -1.56. The number of carbonyl (C=O) groups is 1. The highest BCUT2D eigenvalue weighted by Gasteiger charge is 2.09. The van der Waals surface area contributed by atoms with Crippen molar-refractivity contribution >= 4 is 46.6 Å². The van der Waals surface area contributed by atoms with E-state index in [1.165, 1.54) is 11.8 Å². The van der Waals surface area contributed by atoms with Gasteiger partial charge in [0.25, 0.3) is 0 Å². The van der Waals surface area contributed by atoms with Crippen LogP contribution in [0.15, 0.2) is 36.4 Å². The van der Waals surface area contributed by atoms with Crippen LogP contribution in [-0.4, -0.2) is 25.9 Å². The second-order valence-corrected chi connectivity index (χ2v) is 6.66. The fourth-order valence-corrected chi connectivity index (χ4v) is 3.07. The van der Waals surface area contributed by atoms with E-state index in [-0.39, 0.29) is 5.91 Å². The summed E-state index contributed by atoms with van der Waals surface area (Å²) in [5.41, 5.74) is 1.63. The van der Waals surface area contributed by atoms with Gasteiger partial charge >= 0.3 is 0 Å². The fraction of sp³-hybridized carbons (Fsp3) is 0.235. The van der Waals surface area contributed by atoms with Crippen LogP contribution in [0.4, 0.5) is 5.69 Å². The standard InChI is InChI=1S/C17H17Cl2NO3S/c1-22-12-4-6-15(16(8-12)23-2)20-17(21)10-24-9-11-3-5-13(18)14(19)7-11/h3-8H,9-10H2,1-2H3,(H,20,21). The molecule has 0 saturated heterocycles. The highest BCUT2D eigenvalue weighted by molar-refractivity contribution is 7.99. The summed E-state index contributed by atoms with van der Waals surface area (Å²) in [5, 5.41) is 3.87. The van der Waals surface area contributed by atoms with Crippen LogP contribution in [0.3, 0.4) is 0 Å². The Morgan fingerprint density at radius 1 is 1.08 bits per heavy atom. The van der Waals surface area contributed by atoms with Crippen LogP contribution in [0.2, 0.25) is 10.0 Å². The van der Waals surface area contributed by atoms with E-state index in [9.17, 15) is 4.79 Å². The van der Waals surface area contributed by atoms with Crippen LogP contribution in [0.1, 0.15) is 5.56 Å². The number of anilines is 1. The molecular weight excluding hydrogens is 369 g/mol. The molecule has 0 unspecified atom stereocenters. The van der Waals surface area contributed by atoms with Gasteiger partial charge in [-0.1, -0.05) is 29.3 Å². The summed E-state index contributed by atoms with van der Waals surface area (Å²) in [5.74, 6) is 2.10. The molecule has 128 valence electrons. The largest absolute Gasteiger partial charge is 0.497 e. The summed E-state index contributed by atoms with van der Waals surface area (Å²) in [7, 11) is 3.12. The van der Waals surface area contributed by atoms with Crippen molar-refractivity contribution in [3.8, 4) is 11.5 Å². The molecule has 0 bridgehead atoms. The number of methoxy groups -OCH3 is 2. The zero-order valence-electron chi connectivity index (χ0n) is 13.3. The third kappa shape index (κ3) is 5.23. The molecule has 0 atom stereocenters. The number of thioether (sulfide) groups is 1. The number of hydrogen-bond donors (Lipinski definition) is 1. The Bertz CT molecular complexity index is 725. The van der Waals surface area contributed by atoms with E-state index in [4.69, 9.17) is 32.7 Å². The summed E-state index contributed by atoms with van der Waals surface area (Å²) in [6.07, 6.45) is 0. The molecule has 0 saturated carbocycles. The highest BCUT2D eigenvalue weighted by atomic mass is 35.5. The molecule has 0 heterocycles. The van der Waals surface area contributed by atoms with E-state index < -0.39 is 0 Å². The Morgan fingerprint density at radius 3 is 2.54 bits per heavy atom. The first kappa shape index (κ1) is 18.8. The molecule has 24 heavy (non-hydrogen) atoms. The molecule has 1 amide bonds. The number of amides is 1. The lowest BCUT2D eigenvalue weighted by Gasteiger charge is -2.11. The van der Waals surface area contributed by atoms with Crippen LogP contribution >= 0.6 is 35.0 Å². The minimum absolute atomic E-state index is 0.108. The molecule has 0 aliphatic carbocycles. The molecule has 0 radical (unpaired) electrons. The van der Waals surface area contributed by atoms with E-state index in [1.54, 1.807) is 44.6 Å². The maximum atomic E-state index is 12.1. The van der Waals surface area contributed by atoms with E-state index in [2.05, 4.69) is 5.32 Å². The second kappa shape index (κ2) is 9.06. The van der Waals surface area contributed by atoms with E-state index in [0.29, 0.717) is 38.7 Å². The van der Waals surface area contributed by atoms with Gasteiger partial charge in [0, 0.05) is 11.8 Å². The van der Waals surface area contributed by atoms with Gasteiger partial charge in [0.15, 0.2) is 0 Å². The molecule has 0 spiro atoms. The molecule has 2 rings (SSSR count). The first-order chi connectivity index (χ1) is 11.5. The topological polar surface area (TPSA) is 47.6 Å². The number of nitrogens with one attached hydrogen (secondary N) is 1. The minimum atomic E-state index is -0.108. The summed E-state index contributed by atoms with van der Waals surface area (Å²) in [4.78, 5) is 12.1. The zero-order valence-corrected chi connectivity index (χ0v) is 15.6. The van der Waals surface area contributed by atoms with Gasteiger partial charge in [0.2, 0.25) is 5.91 Å². The molecule has 2 aromatic rings. The van der Waals surface area contributed by atoms with Crippen molar-refractivity contribution in [3.63, 3.8) is 0 Å². The first-order valence-electron chi connectivity index (χ1n) is 7.07. The van der Waals surface area contributed by atoms with Gasteiger partial charge < -0.3 is 14.8 Å². The predicted octanol–water partition coefficient (Wildman–Crippen LogP) is 4.88. The summed E-state index contributed by atoms with van der Waals surface area (Å²) in [6, 6.07) is 10.7. The maximum absolute atomic E-state index is 12.1. The Morgan fingerprint density at radius 2 is 1.88 bits per heavy atom. The lowest BCUT2D eigenvalue weighted by atomic mass is 10.2. The highest BCUT2D eigenvalue weighted by Crippen LogP contribution is 2.29. The van der Waals surface area contributed by atoms with Crippen LogP contribution < -0.4 is 14.8 Å².